The number of aliphatic hydroxyl groups is 1. The van der Waals surface area contributed by atoms with Crippen LogP contribution in [0, 0.1) is 11.8 Å². The summed E-state index contributed by atoms with van der Waals surface area (Å²) in [6.45, 7) is 0. The van der Waals surface area contributed by atoms with E-state index in [9.17, 15) is 38.7 Å². The molecular formula is C18H18N2O10. The smallest absolute Gasteiger partial charge is 0.333 e. The summed E-state index contributed by atoms with van der Waals surface area (Å²) in [7, 11) is 0. The van der Waals surface area contributed by atoms with E-state index in [-0.39, 0.29) is 32.1 Å². The number of hydrogen-bond donors (Lipinski definition) is 1. The minimum atomic E-state index is -1.22. The zero-order valence-corrected chi connectivity index (χ0v) is 15.8. The fraction of sp³-hybridized carbons (Fsp3) is 0.500. The van der Waals surface area contributed by atoms with Crippen molar-refractivity contribution in [1.29, 1.82) is 0 Å². The average molecular weight is 422 g/mol. The first-order chi connectivity index (χ1) is 14.2. The van der Waals surface area contributed by atoms with Crippen molar-refractivity contribution in [2.24, 2.45) is 0 Å². The number of hydroxylamine groups is 4. The van der Waals surface area contributed by atoms with Crippen molar-refractivity contribution in [3.8, 4) is 11.8 Å². The highest BCUT2D eigenvalue weighted by molar-refractivity contribution is 6.06. The van der Waals surface area contributed by atoms with Gasteiger partial charge in [0.1, 0.15) is 0 Å². The van der Waals surface area contributed by atoms with Crippen LogP contribution in [0.5, 0.6) is 0 Å². The number of rotatable bonds is 8. The van der Waals surface area contributed by atoms with Crippen LogP contribution in [0.1, 0.15) is 51.4 Å². The van der Waals surface area contributed by atoms with Gasteiger partial charge >= 0.3 is 11.9 Å². The molecule has 12 nitrogen and oxygen atoms in total. The molecule has 0 aliphatic carbocycles. The van der Waals surface area contributed by atoms with Gasteiger partial charge in [-0.1, -0.05) is 0 Å². The average Bonchev–Trinajstić information content (AvgIpc) is 3.19. The van der Waals surface area contributed by atoms with Crippen LogP contribution >= 0.6 is 0 Å². The van der Waals surface area contributed by atoms with Crippen LogP contribution in [0.25, 0.3) is 0 Å². The highest BCUT2D eigenvalue weighted by atomic mass is 16.7. The summed E-state index contributed by atoms with van der Waals surface area (Å²) in [6.07, 6.45) is -2.79. The quantitative estimate of drug-likeness (QED) is 0.282. The van der Waals surface area contributed by atoms with E-state index in [1.807, 2.05) is 11.8 Å². The van der Waals surface area contributed by atoms with Gasteiger partial charge in [0.2, 0.25) is 11.6 Å². The molecule has 0 aromatic carbocycles. The molecule has 12 heteroatoms. The SMILES string of the molecule is O=C(C#CC(=O)CCC(=O)ON1C(=O)CCC1O)CCC(=O)ON1C(=O)CCC1=O. The Morgan fingerprint density at radius 1 is 0.800 bits per heavy atom. The first-order valence-corrected chi connectivity index (χ1v) is 9.02. The number of nitrogens with zero attached hydrogens (tertiary/aromatic N) is 2. The van der Waals surface area contributed by atoms with Gasteiger partial charge in [0.25, 0.3) is 17.7 Å². The maximum atomic E-state index is 11.6. The van der Waals surface area contributed by atoms with Gasteiger partial charge in [-0.15, -0.1) is 10.1 Å². The first kappa shape index (κ1) is 22.7. The van der Waals surface area contributed by atoms with E-state index in [1.165, 1.54) is 0 Å². The van der Waals surface area contributed by atoms with Gasteiger partial charge in [-0.2, -0.15) is 0 Å². The van der Waals surface area contributed by atoms with E-state index >= 15 is 0 Å². The topological polar surface area (TPSA) is 165 Å². The summed E-state index contributed by atoms with van der Waals surface area (Å²) in [6, 6.07) is 0. The van der Waals surface area contributed by atoms with Crippen molar-refractivity contribution in [3.63, 3.8) is 0 Å². The number of Topliss-reactive ketones (excluding diaryl/α,β-unsaturated/α-hetero) is 2. The Labute approximate surface area is 170 Å². The molecule has 2 rings (SSSR count). The standard InChI is InChI=1S/C18H18N2O10/c21-11(3-9-17(27)29-19-13(23)5-6-14(19)24)1-2-12(22)4-10-18(28)30-20-15(25)7-8-16(20)26/h13,23H,3-10H2. The van der Waals surface area contributed by atoms with Crippen LogP contribution in [0.15, 0.2) is 0 Å². The van der Waals surface area contributed by atoms with Crippen molar-refractivity contribution in [1.82, 2.24) is 10.1 Å². The molecule has 2 fully saturated rings. The molecule has 0 aromatic heterocycles. The number of amides is 3. The number of ketones is 2. The Kier molecular flexibility index (Phi) is 7.76. The predicted molar refractivity (Wildman–Crippen MR) is 91.6 cm³/mol. The molecule has 2 heterocycles. The molecule has 1 unspecified atom stereocenters. The van der Waals surface area contributed by atoms with E-state index in [0.29, 0.717) is 10.1 Å². The van der Waals surface area contributed by atoms with Crippen molar-refractivity contribution in [3.05, 3.63) is 0 Å². The Bertz CT molecular complexity index is 837. The molecule has 30 heavy (non-hydrogen) atoms. The van der Waals surface area contributed by atoms with E-state index in [4.69, 9.17) is 0 Å². The monoisotopic (exact) mass is 422 g/mol. The van der Waals surface area contributed by atoms with Crippen molar-refractivity contribution >= 4 is 41.2 Å². The number of aliphatic hydroxyl groups excluding tert-OH is 1. The van der Waals surface area contributed by atoms with Gasteiger partial charge in [-0.05, 0) is 11.8 Å². The zero-order valence-electron chi connectivity index (χ0n) is 15.8. The first-order valence-electron chi connectivity index (χ1n) is 9.02. The van der Waals surface area contributed by atoms with Crippen LogP contribution in [-0.2, 0) is 43.2 Å². The molecule has 2 aliphatic rings. The predicted octanol–water partition coefficient (Wildman–Crippen LogP) is -1.31. The number of carbonyl (C=O) groups is 7. The van der Waals surface area contributed by atoms with Crippen LogP contribution in [-0.4, -0.2) is 62.7 Å². The molecule has 160 valence electrons. The Balaban J connectivity index is 1.67. The van der Waals surface area contributed by atoms with Crippen LogP contribution in [0.4, 0.5) is 0 Å². The van der Waals surface area contributed by atoms with Crippen molar-refractivity contribution in [2.45, 2.75) is 57.6 Å². The lowest BCUT2D eigenvalue weighted by molar-refractivity contribution is -0.220. The second kappa shape index (κ2) is 10.3. The van der Waals surface area contributed by atoms with Crippen molar-refractivity contribution in [2.75, 3.05) is 0 Å². The normalized spacial score (nSPS) is 18.2. The van der Waals surface area contributed by atoms with Crippen LogP contribution in [0.2, 0.25) is 0 Å². The van der Waals surface area contributed by atoms with Gasteiger partial charge in [0, 0.05) is 38.5 Å². The molecule has 0 aromatic rings. The fourth-order valence-corrected chi connectivity index (χ4v) is 2.41. The molecular weight excluding hydrogens is 404 g/mol. The molecule has 1 N–H and O–H groups in total. The Hall–Kier alpha value is -3.59. The van der Waals surface area contributed by atoms with E-state index < -0.39 is 66.7 Å². The summed E-state index contributed by atoms with van der Waals surface area (Å²) in [4.78, 5) is 89.6. The largest absolute Gasteiger partial charge is 0.370 e. The van der Waals surface area contributed by atoms with Crippen LogP contribution in [0.3, 0.4) is 0 Å². The fourth-order valence-electron chi connectivity index (χ4n) is 2.41. The van der Waals surface area contributed by atoms with Gasteiger partial charge in [-0.25, -0.2) is 9.59 Å². The lowest BCUT2D eigenvalue weighted by atomic mass is 10.2. The molecule has 2 aliphatic heterocycles. The van der Waals surface area contributed by atoms with Gasteiger partial charge in [0.05, 0.1) is 12.8 Å². The third-order valence-corrected chi connectivity index (χ3v) is 3.99. The lowest BCUT2D eigenvalue weighted by Gasteiger charge is -2.18. The minimum absolute atomic E-state index is 0.0408. The maximum Gasteiger partial charge on any atom is 0.333 e. The van der Waals surface area contributed by atoms with Crippen molar-refractivity contribution < 1.29 is 48.3 Å². The second-order valence-corrected chi connectivity index (χ2v) is 6.34. The highest BCUT2D eigenvalue weighted by Crippen LogP contribution is 2.17. The maximum absolute atomic E-state index is 11.6. The third-order valence-electron chi connectivity index (χ3n) is 3.99. The highest BCUT2D eigenvalue weighted by Gasteiger charge is 2.33. The molecule has 0 spiro atoms. The Morgan fingerprint density at radius 2 is 1.30 bits per heavy atom. The number of imide groups is 1. The summed E-state index contributed by atoms with van der Waals surface area (Å²) in [5.74, 6) is -1.21. The molecule has 0 bridgehead atoms. The van der Waals surface area contributed by atoms with Gasteiger partial charge in [0.15, 0.2) is 6.23 Å². The van der Waals surface area contributed by atoms with E-state index in [0.717, 1.165) is 0 Å². The molecule has 1 atom stereocenters. The summed E-state index contributed by atoms with van der Waals surface area (Å²) < 4.78 is 0. The molecule has 3 amide bonds. The summed E-state index contributed by atoms with van der Waals surface area (Å²) in [5.41, 5.74) is 0. The molecule has 0 radical (unpaired) electrons. The summed E-state index contributed by atoms with van der Waals surface area (Å²) >= 11 is 0. The third kappa shape index (κ3) is 6.49. The zero-order chi connectivity index (χ0) is 22.3. The lowest BCUT2D eigenvalue weighted by Crippen LogP contribution is -2.35. The number of carbonyl (C=O) groups excluding carboxylic acids is 7. The van der Waals surface area contributed by atoms with Gasteiger partial charge in [-0.3, -0.25) is 24.0 Å². The minimum Gasteiger partial charge on any atom is -0.370 e. The Morgan fingerprint density at radius 3 is 1.77 bits per heavy atom. The van der Waals surface area contributed by atoms with E-state index in [2.05, 4.69) is 9.68 Å². The summed E-state index contributed by atoms with van der Waals surface area (Å²) in [5, 5.41) is 10.4. The second-order valence-electron chi connectivity index (χ2n) is 6.34. The van der Waals surface area contributed by atoms with E-state index in [1.54, 1.807) is 0 Å². The van der Waals surface area contributed by atoms with Crippen LogP contribution < -0.4 is 0 Å². The van der Waals surface area contributed by atoms with Gasteiger partial charge < -0.3 is 14.8 Å². The molecule has 2 saturated heterocycles. The molecule has 0 saturated carbocycles. The number of hydrogen-bond acceptors (Lipinski definition) is 10.